The van der Waals surface area contributed by atoms with E-state index in [0.717, 1.165) is 25.0 Å². The molecule has 170 valence electrons. The minimum absolute atomic E-state index is 0. The van der Waals surface area contributed by atoms with Crippen LogP contribution < -0.4 is 10.6 Å². The highest BCUT2D eigenvalue weighted by atomic mass is 127. The Labute approximate surface area is 201 Å². The first-order valence-electron chi connectivity index (χ1n) is 11.5. The lowest BCUT2D eigenvalue weighted by Gasteiger charge is -2.35. The van der Waals surface area contributed by atoms with E-state index < -0.39 is 0 Å². The zero-order valence-electron chi connectivity index (χ0n) is 19.4. The molecule has 0 aromatic heterocycles. The zero-order valence-corrected chi connectivity index (χ0v) is 21.7. The van der Waals surface area contributed by atoms with Crippen molar-refractivity contribution < 1.29 is 0 Å². The van der Waals surface area contributed by atoms with E-state index in [9.17, 15) is 0 Å². The minimum Gasteiger partial charge on any atom is -0.354 e. The summed E-state index contributed by atoms with van der Waals surface area (Å²) in [6.45, 7) is 13.7. The van der Waals surface area contributed by atoms with Gasteiger partial charge in [0.05, 0.1) is 0 Å². The molecule has 0 unspecified atom stereocenters. The van der Waals surface area contributed by atoms with Crippen LogP contribution in [0.25, 0.3) is 0 Å². The van der Waals surface area contributed by atoms with Crippen LogP contribution in [0.1, 0.15) is 57.6 Å². The van der Waals surface area contributed by atoms with Crippen LogP contribution in [0.5, 0.6) is 0 Å². The van der Waals surface area contributed by atoms with Crippen molar-refractivity contribution in [2.75, 3.05) is 33.2 Å². The van der Waals surface area contributed by atoms with Crippen molar-refractivity contribution in [2.24, 2.45) is 10.9 Å². The molecule has 0 radical (unpaired) electrons. The second kappa shape index (κ2) is 12.9. The molecule has 0 spiro atoms. The largest absolute Gasteiger partial charge is 0.354 e. The predicted molar refractivity (Wildman–Crippen MR) is 139 cm³/mol. The summed E-state index contributed by atoms with van der Waals surface area (Å²) >= 11 is 0. The number of hydrogen-bond donors (Lipinski definition) is 2. The van der Waals surface area contributed by atoms with Gasteiger partial charge in [0, 0.05) is 45.3 Å². The Morgan fingerprint density at radius 3 is 2.17 bits per heavy atom. The van der Waals surface area contributed by atoms with Gasteiger partial charge in [0.2, 0.25) is 0 Å². The Morgan fingerprint density at radius 2 is 1.60 bits per heavy atom. The average molecular weight is 528 g/mol. The Morgan fingerprint density at radius 1 is 1.00 bits per heavy atom. The van der Waals surface area contributed by atoms with Crippen LogP contribution in [0.2, 0.25) is 0 Å². The molecule has 1 aromatic carbocycles. The van der Waals surface area contributed by atoms with Crippen molar-refractivity contribution in [1.29, 1.82) is 0 Å². The Hall–Kier alpha value is -0.860. The second-order valence-corrected chi connectivity index (χ2v) is 9.25. The Bertz CT molecular complexity index is 630. The number of nitrogens with zero attached hydrogens (tertiary/aromatic N) is 3. The smallest absolute Gasteiger partial charge is 0.191 e. The van der Waals surface area contributed by atoms with Gasteiger partial charge in [-0.2, -0.15) is 0 Å². The fraction of sp³-hybridized carbons (Fsp3) is 0.708. The first-order valence-corrected chi connectivity index (χ1v) is 11.5. The maximum atomic E-state index is 4.43. The topological polar surface area (TPSA) is 42.9 Å². The second-order valence-electron chi connectivity index (χ2n) is 9.25. The fourth-order valence-corrected chi connectivity index (χ4v) is 4.37. The van der Waals surface area contributed by atoms with Crippen molar-refractivity contribution in [3.05, 3.63) is 35.4 Å². The zero-order chi connectivity index (χ0) is 20.6. The lowest BCUT2D eigenvalue weighted by atomic mass is 9.99. The summed E-state index contributed by atoms with van der Waals surface area (Å²) in [6.07, 6.45) is 5.04. The number of aliphatic imine (C=N–C) groups is 1. The Kier molecular flexibility index (Phi) is 10.9. The maximum Gasteiger partial charge on any atom is 0.191 e. The maximum absolute atomic E-state index is 4.43. The number of halogens is 1. The van der Waals surface area contributed by atoms with E-state index in [0.29, 0.717) is 12.1 Å². The molecule has 3 rings (SSSR count). The summed E-state index contributed by atoms with van der Waals surface area (Å²) in [5.41, 5.74) is 2.72. The van der Waals surface area contributed by atoms with Gasteiger partial charge < -0.3 is 15.5 Å². The van der Waals surface area contributed by atoms with Crippen molar-refractivity contribution >= 4 is 29.9 Å². The summed E-state index contributed by atoms with van der Waals surface area (Å²) in [5.74, 6) is 1.81. The number of rotatable bonds is 6. The van der Waals surface area contributed by atoms with E-state index >= 15 is 0 Å². The minimum atomic E-state index is 0. The van der Waals surface area contributed by atoms with Crippen LogP contribution in [0.3, 0.4) is 0 Å². The average Bonchev–Trinajstić information content (AvgIpc) is 2.74. The summed E-state index contributed by atoms with van der Waals surface area (Å²) in [7, 11) is 1.86. The quantitative estimate of drug-likeness (QED) is 0.333. The molecular formula is C24H42IN5. The van der Waals surface area contributed by atoms with Gasteiger partial charge in [-0.1, -0.05) is 31.2 Å². The molecule has 30 heavy (non-hydrogen) atoms. The number of likely N-dealkylation sites (tertiary alicyclic amines) is 2. The highest BCUT2D eigenvalue weighted by Crippen LogP contribution is 2.18. The predicted octanol–water partition coefficient (Wildman–Crippen LogP) is 4.07. The standard InChI is InChI=1S/C24H41N5.HI/c1-19(2)29-15-11-23(12-16-29)27-24(25-4)26-17-21-5-7-22(8-6-21)18-28-13-9-20(3)10-14-28;/h5-8,19-20,23H,9-18H2,1-4H3,(H2,25,26,27);1H. The van der Waals surface area contributed by atoms with E-state index in [4.69, 9.17) is 0 Å². The van der Waals surface area contributed by atoms with Gasteiger partial charge >= 0.3 is 0 Å². The summed E-state index contributed by atoms with van der Waals surface area (Å²) in [6, 6.07) is 10.2. The molecule has 2 aliphatic heterocycles. The molecule has 5 nitrogen and oxygen atoms in total. The van der Waals surface area contributed by atoms with Gasteiger partial charge in [-0.15, -0.1) is 24.0 Å². The van der Waals surface area contributed by atoms with Crippen LogP contribution in [0.15, 0.2) is 29.3 Å². The van der Waals surface area contributed by atoms with Crippen LogP contribution in [-0.4, -0.2) is 61.1 Å². The lowest BCUT2D eigenvalue weighted by Crippen LogP contribution is -2.49. The van der Waals surface area contributed by atoms with Gasteiger partial charge in [-0.25, -0.2) is 0 Å². The van der Waals surface area contributed by atoms with Crippen LogP contribution in [0, 0.1) is 5.92 Å². The highest BCUT2D eigenvalue weighted by Gasteiger charge is 2.21. The third-order valence-electron chi connectivity index (χ3n) is 6.59. The van der Waals surface area contributed by atoms with E-state index in [2.05, 4.69) is 70.5 Å². The van der Waals surface area contributed by atoms with E-state index in [-0.39, 0.29) is 24.0 Å². The molecule has 2 aliphatic rings. The van der Waals surface area contributed by atoms with Gasteiger partial charge in [0.1, 0.15) is 0 Å². The van der Waals surface area contributed by atoms with Gasteiger partial charge in [0.25, 0.3) is 0 Å². The lowest BCUT2D eigenvalue weighted by molar-refractivity contribution is 0.167. The van der Waals surface area contributed by atoms with Crippen molar-refractivity contribution in [3.8, 4) is 0 Å². The summed E-state index contributed by atoms with van der Waals surface area (Å²) in [4.78, 5) is 9.57. The molecular weight excluding hydrogens is 485 g/mol. The SMILES string of the molecule is CN=C(NCc1ccc(CN2CCC(C)CC2)cc1)NC1CCN(C(C)C)CC1.I. The molecule has 0 aliphatic carbocycles. The molecule has 2 heterocycles. The summed E-state index contributed by atoms with van der Waals surface area (Å²) in [5, 5.41) is 7.10. The highest BCUT2D eigenvalue weighted by molar-refractivity contribution is 14.0. The molecule has 0 saturated carbocycles. The third-order valence-corrected chi connectivity index (χ3v) is 6.59. The fourth-order valence-electron chi connectivity index (χ4n) is 4.37. The monoisotopic (exact) mass is 527 g/mol. The third kappa shape index (κ3) is 8.00. The number of guanidine groups is 1. The van der Waals surface area contributed by atoms with E-state index in [1.807, 2.05) is 7.05 Å². The van der Waals surface area contributed by atoms with Crippen molar-refractivity contribution in [1.82, 2.24) is 20.4 Å². The number of nitrogens with one attached hydrogen (secondary N) is 2. The molecule has 2 saturated heterocycles. The van der Waals surface area contributed by atoms with E-state index in [1.54, 1.807) is 0 Å². The molecule has 6 heteroatoms. The molecule has 0 atom stereocenters. The molecule has 0 amide bonds. The van der Waals surface area contributed by atoms with Gasteiger partial charge in [-0.05, 0) is 69.7 Å². The molecule has 2 N–H and O–H groups in total. The summed E-state index contributed by atoms with van der Waals surface area (Å²) < 4.78 is 0. The van der Waals surface area contributed by atoms with E-state index in [1.165, 1.54) is 63.0 Å². The molecule has 0 bridgehead atoms. The van der Waals surface area contributed by atoms with Crippen LogP contribution >= 0.6 is 24.0 Å². The number of hydrogen-bond acceptors (Lipinski definition) is 3. The number of piperidine rings is 2. The molecule has 2 fully saturated rings. The molecule has 1 aromatic rings. The first kappa shape index (κ1) is 25.4. The van der Waals surface area contributed by atoms with Gasteiger partial charge in [0.15, 0.2) is 5.96 Å². The van der Waals surface area contributed by atoms with Gasteiger partial charge in [-0.3, -0.25) is 9.89 Å². The van der Waals surface area contributed by atoms with Crippen molar-refractivity contribution in [2.45, 2.75) is 71.6 Å². The first-order chi connectivity index (χ1) is 14.0. The normalized spacial score (nSPS) is 20.2. The van der Waals surface area contributed by atoms with Crippen LogP contribution in [0.4, 0.5) is 0 Å². The van der Waals surface area contributed by atoms with Crippen molar-refractivity contribution in [3.63, 3.8) is 0 Å². The Balaban J connectivity index is 0.00000320. The number of benzene rings is 1. The van der Waals surface area contributed by atoms with Crippen LogP contribution in [-0.2, 0) is 13.1 Å².